The Labute approximate surface area is 238 Å². The first-order chi connectivity index (χ1) is 17.8. The lowest BCUT2D eigenvalue weighted by Gasteiger charge is -2.25. The molecule has 210 valence electrons. The molecular weight excluding hydrogens is 545 g/mol. The predicted molar refractivity (Wildman–Crippen MR) is 154 cm³/mol. The van der Waals surface area contributed by atoms with Crippen molar-refractivity contribution in [2.75, 3.05) is 0 Å². The standard InChI is InChI=1S/C23H31Cl2N3O2S.C5H8O2/c1-14-17(22(26)29)12-18(28(14)13-15-8-6-5-7-9-15)16-10-11-19(21(25)20(16)24)31(30)27-23(2,3)4;6-5(7)4-2-1-3-4/h10-12,15,27H,5-9,13H2,1-4H3,(H2,26,29);4H,1-3H2,(H,6,7). The summed E-state index contributed by atoms with van der Waals surface area (Å²) in [6.45, 7) is 8.52. The van der Waals surface area contributed by atoms with Gasteiger partial charge in [-0.1, -0.05) is 55.0 Å². The molecule has 4 N–H and O–H groups in total. The highest BCUT2D eigenvalue weighted by Gasteiger charge is 2.25. The fourth-order valence-corrected chi connectivity index (χ4v) is 6.66. The molecule has 0 spiro atoms. The first-order valence-electron chi connectivity index (χ1n) is 13.2. The molecule has 2 aliphatic carbocycles. The summed E-state index contributed by atoms with van der Waals surface area (Å²) >= 11 is 13.2. The van der Waals surface area contributed by atoms with Crippen molar-refractivity contribution in [1.29, 1.82) is 0 Å². The molecule has 7 nitrogen and oxygen atoms in total. The van der Waals surface area contributed by atoms with Crippen LogP contribution in [-0.4, -0.2) is 31.3 Å². The zero-order valence-electron chi connectivity index (χ0n) is 22.6. The van der Waals surface area contributed by atoms with Gasteiger partial charge in [0.05, 0.1) is 32.1 Å². The minimum atomic E-state index is -1.50. The quantitative estimate of drug-likeness (QED) is 0.335. The van der Waals surface area contributed by atoms with Crippen LogP contribution in [0.25, 0.3) is 11.3 Å². The van der Waals surface area contributed by atoms with Crippen molar-refractivity contribution in [3.63, 3.8) is 0 Å². The molecular formula is C28H39Cl2N3O4S. The third kappa shape index (κ3) is 7.62. The number of nitrogens with two attached hydrogens (primary N) is 1. The highest BCUT2D eigenvalue weighted by molar-refractivity contribution is 7.83. The number of carbonyl (C=O) groups excluding carboxylic acids is 1. The van der Waals surface area contributed by atoms with E-state index in [1.165, 1.54) is 32.1 Å². The molecule has 0 aliphatic heterocycles. The highest BCUT2D eigenvalue weighted by Crippen LogP contribution is 2.39. The van der Waals surface area contributed by atoms with E-state index in [-0.39, 0.29) is 16.5 Å². The van der Waals surface area contributed by atoms with Crippen molar-refractivity contribution in [1.82, 2.24) is 9.29 Å². The van der Waals surface area contributed by atoms with Crippen LogP contribution in [0.4, 0.5) is 0 Å². The number of halogens is 2. The summed E-state index contributed by atoms with van der Waals surface area (Å²) < 4.78 is 17.9. The minimum absolute atomic E-state index is 0.000000000000000444. The number of aliphatic carboxylic acids is 1. The maximum absolute atomic E-state index is 12.7. The second kappa shape index (κ2) is 13.0. The van der Waals surface area contributed by atoms with Crippen LogP contribution in [0.3, 0.4) is 0 Å². The van der Waals surface area contributed by atoms with Crippen molar-refractivity contribution < 1.29 is 18.9 Å². The van der Waals surface area contributed by atoms with Gasteiger partial charge >= 0.3 is 5.97 Å². The molecule has 2 saturated carbocycles. The van der Waals surface area contributed by atoms with Gasteiger partial charge in [-0.2, -0.15) is 0 Å². The van der Waals surface area contributed by atoms with E-state index in [0.717, 1.165) is 37.2 Å². The number of aromatic nitrogens is 1. The van der Waals surface area contributed by atoms with E-state index < -0.39 is 22.9 Å². The second-order valence-electron chi connectivity index (χ2n) is 11.3. The van der Waals surface area contributed by atoms with Crippen LogP contribution in [0.2, 0.25) is 10.0 Å². The summed E-state index contributed by atoms with van der Waals surface area (Å²) in [5.41, 5.74) is 8.13. The lowest BCUT2D eigenvalue weighted by Crippen LogP contribution is -2.37. The third-order valence-electron chi connectivity index (χ3n) is 7.17. The predicted octanol–water partition coefficient (Wildman–Crippen LogP) is 6.73. The zero-order valence-corrected chi connectivity index (χ0v) is 24.9. The maximum Gasteiger partial charge on any atom is 0.306 e. The van der Waals surface area contributed by atoms with Crippen LogP contribution in [0, 0.1) is 18.8 Å². The number of hydrogen-bond donors (Lipinski definition) is 3. The van der Waals surface area contributed by atoms with E-state index in [1.54, 1.807) is 12.1 Å². The number of nitrogens with zero attached hydrogens (tertiary/aromatic N) is 1. The van der Waals surface area contributed by atoms with Crippen molar-refractivity contribution in [2.45, 2.75) is 96.0 Å². The van der Waals surface area contributed by atoms with E-state index in [0.29, 0.717) is 27.0 Å². The summed E-state index contributed by atoms with van der Waals surface area (Å²) in [5, 5.41) is 8.80. The summed E-state index contributed by atoms with van der Waals surface area (Å²) in [6, 6.07) is 5.35. The molecule has 0 saturated heterocycles. The van der Waals surface area contributed by atoms with E-state index in [9.17, 15) is 13.8 Å². The number of hydrogen-bond acceptors (Lipinski definition) is 3. The molecule has 2 fully saturated rings. The molecule has 2 aromatic rings. The highest BCUT2D eigenvalue weighted by atomic mass is 35.5. The Morgan fingerprint density at radius 1 is 1.08 bits per heavy atom. The molecule has 0 radical (unpaired) electrons. The number of rotatable bonds is 7. The molecule has 38 heavy (non-hydrogen) atoms. The molecule has 1 aromatic heterocycles. The van der Waals surface area contributed by atoms with Gasteiger partial charge in [0.2, 0.25) is 0 Å². The first-order valence-corrected chi connectivity index (χ1v) is 15.1. The number of carbonyl (C=O) groups is 2. The topological polar surface area (TPSA) is 114 Å². The van der Waals surface area contributed by atoms with Crippen LogP contribution in [-0.2, 0) is 22.3 Å². The van der Waals surface area contributed by atoms with Gasteiger partial charge in [-0.05, 0) is 71.4 Å². The first kappa shape index (κ1) is 30.7. The van der Waals surface area contributed by atoms with Gasteiger partial charge < -0.3 is 15.4 Å². The van der Waals surface area contributed by atoms with Crippen LogP contribution < -0.4 is 10.5 Å². The van der Waals surface area contributed by atoms with Crippen molar-refractivity contribution in [2.24, 2.45) is 17.6 Å². The Hall–Kier alpha value is -1.87. The smallest absolute Gasteiger partial charge is 0.306 e. The molecule has 2 aliphatic rings. The second-order valence-corrected chi connectivity index (χ2v) is 13.3. The van der Waals surface area contributed by atoms with Gasteiger partial charge in [-0.3, -0.25) is 9.59 Å². The van der Waals surface area contributed by atoms with E-state index in [4.69, 9.17) is 34.0 Å². The Morgan fingerprint density at radius 2 is 1.71 bits per heavy atom. The Balaban J connectivity index is 0.000000494. The van der Waals surface area contributed by atoms with E-state index in [1.807, 2.05) is 33.8 Å². The Morgan fingerprint density at radius 3 is 2.18 bits per heavy atom. The number of benzene rings is 1. The van der Waals surface area contributed by atoms with Crippen LogP contribution in [0.1, 0.15) is 88.2 Å². The molecule has 1 atom stereocenters. The molecule has 1 unspecified atom stereocenters. The largest absolute Gasteiger partial charge is 0.481 e. The zero-order chi connectivity index (χ0) is 28.2. The van der Waals surface area contributed by atoms with Gasteiger partial charge in [0.15, 0.2) is 0 Å². The fraction of sp³-hybridized carbons (Fsp3) is 0.571. The van der Waals surface area contributed by atoms with E-state index >= 15 is 0 Å². The summed E-state index contributed by atoms with van der Waals surface area (Å²) in [6.07, 6.45) is 9.00. The van der Waals surface area contributed by atoms with Crippen LogP contribution in [0.15, 0.2) is 23.1 Å². The number of nitrogens with one attached hydrogen (secondary N) is 1. The molecule has 4 rings (SSSR count). The number of carboxylic acids is 1. The minimum Gasteiger partial charge on any atom is -0.481 e. The van der Waals surface area contributed by atoms with Crippen LogP contribution in [0.5, 0.6) is 0 Å². The summed E-state index contributed by atoms with van der Waals surface area (Å²) in [4.78, 5) is 22.5. The lowest BCUT2D eigenvalue weighted by molar-refractivity contribution is -0.144. The number of primary amides is 1. The normalized spacial score (nSPS) is 17.3. The van der Waals surface area contributed by atoms with Crippen molar-refractivity contribution in [3.05, 3.63) is 39.5 Å². The van der Waals surface area contributed by atoms with Gasteiger partial charge in [0.1, 0.15) is 11.0 Å². The third-order valence-corrected chi connectivity index (χ3v) is 9.70. The SMILES string of the molecule is Cc1c(C(N)=O)cc(-c2ccc(S(=O)NC(C)(C)C)c(Cl)c2Cl)n1CC1CCCCC1.O=C(O)C1CCC1. The Bertz CT molecular complexity index is 1200. The van der Waals surface area contributed by atoms with Gasteiger partial charge in [0.25, 0.3) is 5.91 Å². The fourth-order valence-electron chi connectivity index (χ4n) is 4.84. The summed E-state index contributed by atoms with van der Waals surface area (Å²) in [7, 11) is -1.50. The number of amides is 1. The van der Waals surface area contributed by atoms with Crippen LogP contribution >= 0.6 is 23.2 Å². The molecule has 1 amide bonds. The van der Waals surface area contributed by atoms with Gasteiger partial charge in [0, 0.05) is 23.3 Å². The van der Waals surface area contributed by atoms with Crippen molar-refractivity contribution in [3.8, 4) is 11.3 Å². The molecule has 1 aromatic carbocycles. The van der Waals surface area contributed by atoms with E-state index in [2.05, 4.69) is 9.29 Å². The average molecular weight is 585 g/mol. The van der Waals surface area contributed by atoms with Crippen molar-refractivity contribution >= 4 is 46.1 Å². The van der Waals surface area contributed by atoms with Gasteiger partial charge in [-0.25, -0.2) is 8.93 Å². The van der Waals surface area contributed by atoms with Gasteiger partial charge in [-0.15, -0.1) is 0 Å². The summed E-state index contributed by atoms with van der Waals surface area (Å²) in [5.74, 6) is -0.530. The molecule has 1 heterocycles. The lowest BCUT2D eigenvalue weighted by atomic mass is 9.86. The number of carboxylic acid groups (broad SMARTS) is 1. The molecule has 10 heteroatoms. The maximum atomic E-state index is 12.7. The molecule has 0 bridgehead atoms. The Kier molecular flexibility index (Phi) is 10.5. The average Bonchev–Trinajstić information content (AvgIpc) is 3.10. The monoisotopic (exact) mass is 583 g/mol.